The number of rotatable bonds is 20. The fourth-order valence-electron chi connectivity index (χ4n) is 10.4. The third-order valence-corrected chi connectivity index (χ3v) is 17.2. The summed E-state index contributed by atoms with van der Waals surface area (Å²) in [7, 11) is 10.5. The first kappa shape index (κ1) is 52.9. The lowest BCUT2D eigenvalue weighted by Gasteiger charge is -2.41. The van der Waals surface area contributed by atoms with Gasteiger partial charge in [-0.15, -0.1) is 0 Å². The molecule has 386 valence electrons. The molecule has 8 rings (SSSR count). The van der Waals surface area contributed by atoms with Crippen LogP contribution < -0.4 is 28.7 Å². The molecule has 2 fully saturated rings. The molecule has 2 atom stereocenters. The average Bonchev–Trinajstić information content (AvgIpc) is 3.41. The second kappa shape index (κ2) is 24.1. The number of hydrogen-bond acceptors (Lipinski definition) is 14. The summed E-state index contributed by atoms with van der Waals surface area (Å²) in [6.45, 7) is 2.48. The van der Waals surface area contributed by atoms with Gasteiger partial charge in [-0.05, 0) is 139 Å². The van der Waals surface area contributed by atoms with Gasteiger partial charge in [0.1, 0.15) is 23.0 Å². The molecule has 0 aromatic heterocycles. The fourth-order valence-corrected chi connectivity index (χ4v) is 13.1. The first-order chi connectivity index (χ1) is 34.9. The van der Waals surface area contributed by atoms with Crippen molar-refractivity contribution in [2.24, 2.45) is 0 Å². The monoisotopic (exact) mass is 1020 g/mol. The first-order valence-corrected chi connectivity index (χ1v) is 27.1. The van der Waals surface area contributed by atoms with E-state index in [2.05, 4.69) is 23.9 Å². The fraction of sp³-hybridized carbons (Fsp3) is 0.500. The van der Waals surface area contributed by atoms with Gasteiger partial charge in [-0.3, -0.25) is 9.59 Å². The van der Waals surface area contributed by atoms with Crippen LogP contribution in [0.5, 0.6) is 23.0 Å². The van der Waals surface area contributed by atoms with Crippen molar-refractivity contribution in [3.8, 4) is 23.0 Å². The van der Waals surface area contributed by atoms with Crippen LogP contribution in [0.2, 0.25) is 0 Å². The molecular weight excluding hydrogens is 953 g/mol. The molecule has 0 radical (unpaired) electrons. The summed E-state index contributed by atoms with van der Waals surface area (Å²) >= 11 is 1.94. The zero-order valence-corrected chi connectivity index (χ0v) is 44.3. The number of anilines is 2. The predicted octanol–water partition coefficient (Wildman–Crippen LogP) is 10.2. The zero-order valence-electron chi connectivity index (χ0n) is 42.7. The minimum absolute atomic E-state index is 0.165. The molecule has 0 saturated heterocycles. The Morgan fingerprint density at radius 3 is 1.35 bits per heavy atom. The van der Waals surface area contributed by atoms with Crippen LogP contribution in [0.25, 0.3) is 0 Å². The van der Waals surface area contributed by atoms with Crippen molar-refractivity contribution in [2.45, 2.75) is 122 Å². The Balaban J connectivity index is 1.10. The summed E-state index contributed by atoms with van der Waals surface area (Å²) in [5.74, 6) is -3.04. The van der Waals surface area contributed by atoms with E-state index in [4.69, 9.17) is 28.4 Å². The summed E-state index contributed by atoms with van der Waals surface area (Å²) in [6.07, 6.45) is 15.8. The second-order valence-electron chi connectivity index (χ2n) is 19.3. The number of esters is 2. The Morgan fingerprint density at radius 1 is 0.569 bits per heavy atom. The molecule has 16 heteroatoms. The van der Waals surface area contributed by atoms with E-state index >= 15 is 9.59 Å². The summed E-state index contributed by atoms with van der Waals surface area (Å²) in [5, 5.41) is 0. The third kappa shape index (κ3) is 11.5. The van der Waals surface area contributed by atoms with Gasteiger partial charge in [0, 0.05) is 36.0 Å². The number of amides is 2. The summed E-state index contributed by atoms with van der Waals surface area (Å²) < 4.78 is 37.0. The molecule has 2 amide bonds. The van der Waals surface area contributed by atoms with Crippen LogP contribution in [0.1, 0.15) is 101 Å². The van der Waals surface area contributed by atoms with E-state index in [9.17, 15) is 9.59 Å². The smallest absolute Gasteiger partial charge is 0.419 e. The number of carbonyl (C=O) groups is 4. The van der Waals surface area contributed by atoms with Gasteiger partial charge in [-0.1, -0.05) is 86.3 Å². The van der Waals surface area contributed by atoms with Crippen LogP contribution in [-0.4, -0.2) is 114 Å². The lowest BCUT2D eigenvalue weighted by atomic mass is 9.94. The van der Waals surface area contributed by atoms with Gasteiger partial charge >= 0.3 is 11.9 Å². The van der Waals surface area contributed by atoms with Crippen molar-refractivity contribution in [3.05, 3.63) is 96.1 Å². The zero-order chi connectivity index (χ0) is 50.8. The maximum absolute atomic E-state index is 15.1. The van der Waals surface area contributed by atoms with Crippen LogP contribution in [0.15, 0.2) is 94.7 Å². The average molecular weight is 1020 g/mol. The molecule has 2 aliphatic heterocycles. The normalized spacial score (nSPS) is 20.5. The van der Waals surface area contributed by atoms with Crippen molar-refractivity contribution >= 4 is 58.7 Å². The molecule has 4 aromatic rings. The van der Waals surface area contributed by atoms with Crippen molar-refractivity contribution in [3.63, 3.8) is 0 Å². The number of ether oxygens (including phenoxy) is 6. The SMILES string of the molecule is COc1ccc(OCCCCN(C)C2CCCCC2)c(C2(OC(=O)C(=O)OC3(c4cc(OC)ccc4OCCCCN(C)C4CCCCC4)Sc4ccccc4N(C)C3=O)Sc3ccccc3N(C)C2=O)c1. The maximum Gasteiger partial charge on any atom is 0.419 e. The largest absolute Gasteiger partial charge is 0.497 e. The lowest BCUT2D eigenvalue weighted by Crippen LogP contribution is -2.52. The topological polar surface area (TPSA) is 137 Å². The van der Waals surface area contributed by atoms with Gasteiger partial charge < -0.3 is 48.0 Å². The minimum atomic E-state index is -2.22. The molecule has 0 N–H and O–H groups in total. The number of carbonyl (C=O) groups excluding carboxylic acids is 4. The van der Waals surface area contributed by atoms with Gasteiger partial charge in [-0.25, -0.2) is 9.59 Å². The summed E-state index contributed by atoms with van der Waals surface area (Å²) in [6, 6.07) is 25.6. The van der Waals surface area contributed by atoms with Gasteiger partial charge in [0.2, 0.25) is 0 Å². The van der Waals surface area contributed by atoms with Crippen LogP contribution in [0, 0.1) is 0 Å². The molecule has 4 aromatic carbocycles. The van der Waals surface area contributed by atoms with E-state index in [0.717, 1.165) is 62.3 Å². The van der Waals surface area contributed by atoms with Crippen LogP contribution in [0.3, 0.4) is 0 Å². The van der Waals surface area contributed by atoms with Crippen LogP contribution >= 0.6 is 23.5 Å². The molecule has 0 spiro atoms. The molecular formula is C56H70N4O10S2. The van der Waals surface area contributed by atoms with Gasteiger partial charge in [0.05, 0.1) is 49.9 Å². The van der Waals surface area contributed by atoms with E-state index < -0.39 is 33.6 Å². The predicted molar refractivity (Wildman–Crippen MR) is 281 cm³/mol. The van der Waals surface area contributed by atoms with Crippen LogP contribution in [-0.2, 0) is 38.5 Å². The van der Waals surface area contributed by atoms with Crippen molar-refractivity contribution in [1.82, 2.24) is 9.80 Å². The molecule has 2 unspecified atom stereocenters. The third-order valence-electron chi connectivity index (χ3n) is 14.6. The van der Waals surface area contributed by atoms with Gasteiger partial charge in [-0.2, -0.15) is 0 Å². The number of nitrogens with zero attached hydrogens (tertiary/aromatic N) is 4. The Kier molecular flexibility index (Phi) is 17.7. The summed E-state index contributed by atoms with van der Waals surface area (Å²) in [4.78, 5) is 64.3. The molecule has 0 bridgehead atoms. The molecule has 2 heterocycles. The van der Waals surface area contributed by atoms with Gasteiger partial charge in [0.15, 0.2) is 0 Å². The quantitative estimate of drug-likeness (QED) is 0.0472. The van der Waals surface area contributed by atoms with E-state index in [0.29, 0.717) is 58.0 Å². The number of fused-ring (bicyclic) bond motifs is 2. The standard InChI is InChI=1S/C56H70N4O10S2/c1-57(39-21-9-7-10-22-39)33-17-19-35-67-47-31-29-41(65-5)37-43(47)55(53(63)59(3)45-25-13-15-27-49(45)71-55)69-51(61)52(62)70-56(54(64)60(4)46-26-14-16-28-50(46)72-56)44-38-42(66-6)30-32-48(44)68-36-20-18-34-58(2)40-23-11-8-12-24-40/h13-16,25-32,37-40H,7-12,17-24,33-36H2,1-6H3. The van der Waals surface area contributed by atoms with Crippen molar-refractivity contribution in [1.29, 1.82) is 0 Å². The van der Waals surface area contributed by atoms with E-state index in [1.807, 2.05) is 36.4 Å². The number of likely N-dealkylation sites (N-methyl/N-ethyl adjacent to an activating group) is 2. The van der Waals surface area contributed by atoms with Crippen molar-refractivity contribution < 1.29 is 47.6 Å². The lowest BCUT2D eigenvalue weighted by molar-refractivity contribution is -0.180. The van der Waals surface area contributed by atoms with Crippen molar-refractivity contribution in [2.75, 3.05) is 78.5 Å². The highest BCUT2D eigenvalue weighted by molar-refractivity contribution is 8.01. The maximum atomic E-state index is 15.1. The Hall–Kier alpha value is -5.42. The van der Waals surface area contributed by atoms with E-state index in [1.165, 1.54) is 88.2 Å². The van der Waals surface area contributed by atoms with E-state index in [1.54, 1.807) is 62.6 Å². The number of benzene rings is 4. The highest BCUT2D eigenvalue weighted by Gasteiger charge is 2.57. The molecule has 72 heavy (non-hydrogen) atoms. The Bertz CT molecular complexity index is 2380. The highest BCUT2D eigenvalue weighted by atomic mass is 32.2. The molecule has 2 aliphatic carbocycles. The number of hydrogen-bond donors (Lipinski definition) is 0. The molecule has 4 aliphatic rings. The van der Waals surface area contributed by atoms with Crippen LogP contribution in [0.4, 0.5) is 11.4 Å². The number of methoxy groups -OCH3 is 2. The molecule has 2 saturated carbocycles. The minimum Gasteiger partial charge on any atom is -0.497 e. The number of thioether (sulfide) groups is 2. The Morgan fingerprint density at radius 2 is 0.958 bits per heavy atom. The summed E-state index contributed by atoms with van der Waals surface area (Å²) in [5.41, 5.74) is 1.50. The van der Waals surface area contributed by atoms with E-state index in [-0.39, 0.29) is 22.6 Å². The highest BCUT2D eigenvalue weighted by Crippen LogP contribution is 2.56. The first-order valence-electron chi connectivity index (χ1n) is 25.5. The number of unbranched alkanes of at least 4 members (excludes halogenated alkanes) is 2. The second-order valence-corrected chi connectivity index (χ2v) is 21.7. The van der Waals surface area contributed by atoms with Gasteiger partial charge in [0.25, 0.3) is 21.7 Å². The Labute approximate surface area is 433 Å². The number of para-hydroxylation sites is 2. The molecule has 14 nitrogen and oxygen atoms in total.